The summed E-state index contributed by atoms with van der Waals surface area (Å²) in [5.41, 5.74) is 6.52. The van der Waals surface area contributed by atoms with Crippen LogP contribution >= 0.6 is 11.6 Å². The Balaban J connectivity index is 1.51. The van der Waals surface area contributed by atoms with Gasteiger partial charge in [0.25, 0.3) is 5.91 Å². The van der Waals surface area contributed by atoms with Crippen LogP contribution in [0.4, 0.5) is 10.1 Å². The largest absolute Gasteiger partial charge is 0.319 e. The summed E-state index contributed by atoms with van der Waals surface area (Å²) in [7, 11) is 1.87. The summed E-state index contributed by atoms with van der Waals surface area (Å²) in [6.07, 6.45) is 1.76. The number of fused-ring (bicyclic) bond motifs is 1. The first-order chi connectivity index (χ1) is 17.2. The van der Waals surface area contributed by atoms with Gasteiger partial charge >= 0.3 is 0 Å². The van der Waals surface area contributed by atoms with Crippen molar-refractivity contribution < 1.29 is 9.18 Å². The number of carbonyl (C=O) groups is 1. The highest BCUT2D eigenvalue weighted by atomic mass is 35.5. The number of aryl methyl sites for hydroxylation is 2. The molecule has 1 N–H and O–H groups in total. The Bertz CT molecular complexity index is 1640. The molecule has 0 unspecified atom stereocenters. The lowest BCUT2D eigenvalue weighted by Crippen LogP contribution is -2.14. The number of hydrogen-bond acceptors (Lipinski definition) is 4. The van der Waals surface area contributed by atoms with Gasteiger partial charge in [0.05, 0.1) is 46.6 Å². The third kappa shape index (κ3) is 4.24. The van der Waals surface area contributed by atoms with Crippen molar-refractivity contribution in [1.82, 2.24) is 24.5 Å². The second-order valence-electron chi connectivity index (χ2n) is 8.73. The van der Waals surface area contributed by atoms with Gasteiger partial charge in [0.15, 0.2) is 0 Å². The van der Waals surface area contributed by atoms with Crippen molar-refractivity contribution in [2.75, 3.05) is 5.32 Å². The molecule has 0 aliphatic rings. The summed E-state index contributed by atoms with van der Waals surface area (Å²) in [6, 6.07) is 13.6. The molecule has 5 aromatic rings. The molecule has 1 amide bonds. The zero-order chi connectivity index (χ0) is 25.6. The summed E-state index contributed by atoms with van der Waals surface area (Å²) in [5, 5.41) is 13.0. The Hall–Kier alpha value is -4.04. The number of anilines is 1. The molecule has 3 aromatic heterocycles. The number of carbonyl (C=O) groups excluding carboxylic acids is 1. The fourth-order valence-electron chi connectivity index (χ4n) is 4.28. The molecule has 0 aliphatic carbocycles. The number of hydrogen-bond donors (Lipinski definition) is 1. The maximum Gasteiger partial charge on any atom is 0.256 e. The van der Waals surface area contributed by atoms with E-state index in [9.17, 15) is 9.18 Å². The molecule has 0 aliphatic heterocycles. The highest BCUT2D eigenvalue weighted by molar-refractivity contribution is 6.31. The van der Waals surface area contributed by atoms with Gasteiger partial charge in [-0.1, -0.05) is 35.9 Å². The normalized spacial score (nSPS) is 11.3. The van der Waals surface area contributed by atoms with Gasteiger partial charge in [0.1, 0.15) is 5.82 Å². The second kappa shape index (κ2) is 9.20. The molecular formula is C27H24ClFN6O. The van der Waals surface area contributed by atoms with E-state index in [4.69, 9.17) is 16.6 Å². The highest BCUT2D eigenvalue weighted by Gasteiger charge is 2.20. The van der Waals surface area contributed by atoms with Crippen molar-refractivity contribution in [2.24, 2.45) is 7.05 Å². The van der Waals surface area contributed by atoms with E-state index in [1.54, 1.807) is 27.7 Å². The first kappa shape index (κ1) is 23.7. The molecule has 0 saturated heterocycles. The van der Waals surface area contributed by atoms with Crippen molar-refractivity contribution in [1.29, 1.82) is 0 Å². The zero-order valence-electron chi connectivity index (χ0n) is 20.3. The van der Waals surface area contributed by atoms with Gasteiger partial charge in [-0.3, -0.25) is 14.2 Å². The van der Waals surface area contributed by atoms with Gasteiger partial charge in [0.2, 0.25) is 0 Å². The van der Waals surface area contributed by atoms with Crippen molar-refractivity contribution in [3.8, 4) is 11.3 Å². The van der Waals surface area contributed by atoms with Crippen LogP contribution in [0.5, 0.6) is 0 Å². The minimum absolute atomic E-state index is 0.262. The summed E-state index contributed by atoms with van der Waals surface area (Å²) in [5.74, 6) is -0.655. The van der Waals surface area contributed by atoms with Crippen LogP contribution in [0, 0.1) is 26.6 Å². The number of rotatable bonds is 5. The molecule has 0 spiro atoms. The number of nitrogens with one attached hydrogen (secondary N) is 1. The third-order valence-electron chi connectivity index (χ3n) is 6.43. The minimum Gasteiger partial charge on any atom is -0.319 e. The van der Waals surface area contributed by atoms with E-state index < -0.39 is 5.82 Å². The zero-order valence-corrected chi connectivity index (χ0v) is 21.1. The molecule has 3 heterocycles. The number of amides is 1. The van der Waals surface area contributed by atoms with Crippen LogP contribution in [-0.4, -0.2) is 30.5 Å². The number of para-hydroxylation sites is 1. The van der Waals surface area contributed by atoms with Crippen LogP contribution in [0.25, 0.3) is 22.2 Å². The SMILES string of the molecule is Cc1nn(Cc2ccc(F)cc2Cl)c(C)c1NC(=O)c1cc(-c2cnn(C)c2C)nc2ccccc12. The molecule has 9 heteroatoms. The molecule has 2 aromatic carbocycles. The quantitative estimate of drug-likeness (QED) is 0.327. The van der Waals surface area contributed by atoms with Crippen LogP contribution in [-0.2, 0) is 13.6 Å². The number of aromatic nitrogens is 5. The average molecular weight is 503 g/mol. The smallest absolute Gasteiger partial charge is 0.256 e. The Morgan fingerprint density at radius 3 is 2.58 bits per heavy atom. The van der Waals surface area contributed by atoms with Gasteiger partial charge in [-0.15, -0.1) is 0 Å². The van der Waals surface area contributed by atoms with E-state index >= 15 is 0 Å². The van der Waals surface area contributed by atoms with Gasteiger partial charge in [-0.05, 0) is 50.6 Å². The van der Waals surface area contributed by atoms with Crippen molar-refractivity contribution in [3.05, 3.63) is 93.8 Å². The number of pyridine rings is 1. The van der Waals surface area contributed by atoms with E-state index in [0.717, 1.165) is 33.4 Å². The number of nitrogens with zero attached hydrogens (tertiary/aromatic N) is 5. The maximum atomic E-state index is 13.6. The van der Waals surface area contributed by atoms with E-state index in [0.29, 0.717) is 34.2 Å². The number of halogens is 2. The van der Waals surface area contributed by atoms with Gasteiger partial charge < -0.3 is 5.32 Å². The molecule has 0 atom stereocenters. The Kier molecular flexibility index (Phi) is 6.05. The average Bonchev–Trinajstić information content (AvgIpc) is 3.32. The van der Waals surface area contributed by atoms with Gasteiger partial charge in [0, 0.05) is 28.7 Å². The predicted molar refractivity (Wildman–Crippen MR) is 139 cm³/mol. The van der Waals surface area contributed by atoms with Gasteiger partial charge in [-0.25, -0.2) is 9.37 Å². The lowest BCUT2D eigenvalue weighted by Gasteiger charge is -2.11. The van der Waals surface area contributed by atoms with E-state index in [1.165, 1.54) is 12.1 Å². The van der Waals surface area contributed by atoms with Crippen LogP contribution in [0.1, 0.15) is 33.0 Å². The van der Waals surface area contributed by atoms with Crippen molar-refractivity contribution >= 4 is 34.1 Å². The third-order valence-corrected chi connectivity index (χ3v) is 6.78. The Labute approximate surface area is 212 Å². The number of benzene rings is 2. The van der Waals surface area contributed by atoms with E-state index in [-0.39, 0.29) is 5.91 Å². The minimum atomic E-state index is -0.393. The lowest BCUT2D eigenvalue weighted by molar-refractivity contribution is 0.102. The monoisotopic (exact) mass is 502 g/mol. The summed E-state index contributed by atoms with van der Waals surface area (Å²) < 4.78 is 17.0. The molecule has 0 radical (unpaired) electrons. The summed E-state index contributed by atoms with van der Waals surface area (Å²) in [4.78, 5) is 18.4. The fraction of sp³-hybridized carbons (Fsp3) is 0.185. The van der Waals surface area contributed by atoms with Crippen molar-refractivity contribution in [3.63, 3.8) is 0 Å². The summed E-state index contributed by atoms with van der Waals surface area (Å²) >= 11 is 6.21. The summed E-state index contributed by atoms with van der Waals surface area (Å²) in [6.45, 7) is 6.03. The molecule has 0 saturated carbocycles. The molecule has 182 valence electrons. The Morgan fingerprint density at radius 2 is 1.86 bits per heavy atom. The molecule has 36 heavy (non-hydrogen) atoms. The molecule has 0 fully saturated rings. The van der Waals surface area contributed by atoms with Crippen LogP contribution in [0.15, 0.2) is 54.7 Å². The topological polar surface area (TPSA) is 77.6 Å². The maximum absolute atomic E-state index is 13.6. The molecule has 0 bridgehead atoms. The van der Waals surface area contributed by atoms with E-state index in [1.807, 2.05) is 52.1 Å². The molecule has 7 nitrogen and oxygen atoms in total. The van der Waals surface area contributed by atoms with Gasteiger partial charge in [-0.2, -0.15) is 10.2 Å². The van der Waals surface area contributed by atoms with E-state index in [2.05, 4.69) is 15.5 Å². The molecular weight excluding hydrogens is 479 g/mol. The highest BCUT2D eigenvalue weighted by Crippen LogP contribution is 2.29. The van der Waals surface area contributed by atoms with Crippen molar-refractivity contribution in [2.45, 2.75) is 27.3 Å². The standard InChI is InChI=1S/C27H24ClFN6O/c1-15-26(17(3)35(33-15)14-18-9-10-19(29)11-23(18)28)32-27(36)21-12-25(22-13-30-34(4)16(22)2)31-24-8-6-5-7-20(21)24/h5-13H,14H2,1-4H3,(H,32,36). The van der Waals surface area contributed by atoms with Crippen LogP contribution in [0.2, 0.25) is 5.02 Å². The fourth-order valence-corrected chi connectivity index (χ4v) is 4.50. The first-order valence-electron chi connectivity index (χ1n) is 11.4. The lowest BCUT2D eigenvalue weighted by atomic mass is 10.0. The second-order valence-corrected chi connectivity index (χ2v) is 9.14. The van der Waals surface area contributed by atoms with Crippen LogP contribution < -0.4 is 5.32 Å². The molecule has 5 rings (SSSR count). The predicted octanol–water partition coefficient (Wildman–Crippen LogP) is 5.85. The van der Waals surface area contributed by atoms with Crippen LogP contribution in [0.3, 0.4) is 0 Å². The Morgan fingerprint density at radius 1 is 1.08 bits per heavy atom. The first-order valence-corrected chi connectivity index (χ1v) is 11.8.